The molecule has 1 heterocycles. The van der Waals surface area contributed by atoms with Crippen molar-refractivity contribution in [3.63, 3.8) is 0 Å². The van der Waals surface area contributed by atoms with Gasteiger partial charge in [0.25, 0.3) is 5.56 Å². The van der Waals surface area contributed by atoms with Crippen molar-refractivity contribution in [3.05, 3.63) is 39.9 Å². The predicted molar refractivity (Wildman–Crippen MR) is 102 cm³/mol. The monoisotopic (exact) mass is 370 g/mol. The van der Waals surface area contributed by atoms with Crippen molar-refractivity contribution in [2.24, 2.45) is 17.8 Å². The summed E-state index contributed by atoms with van der Waals surface area (Å²) >= 11 is 1.97. The Bertz CT molecular complexity index is 916. The number of H-pyrrole nitrogens is 1. The average molecular weight is 370 g/mol. The number of rotatable bonds is 4. The molecule has 5 nitrogen and oxygen atoms in total. The smallest absolute Gasteiger partial charge is 0.335 e. The van der Waals surface area contributed by atoms with Gasteiger partial charge in [-0.1, -0.05) is 0 Å². The highest BCUT2D eigenvalue weighted by Gasteiger charge is 2.51. The first-order valence-corrected chi connectivity index (χ1v) is 10.4. The summed E-state index contributed by atoms with van der Waals surface area (Å²) in [7, 11) is 0. The van der Waals surface area contributed by atoms with Crippen LogP contribution in [-0.4, -0.2) is 25.8 Å². The van der Waals surface area contributed by atoms with Crippen LogP contribution in [0.25, 0.3) is 10.9 Å². The molecule has 1 aromatic heterocycles. The van der Waals surface area contributed by atoms with Gasteiger partial charge in [0.05, 0.1) is 22.2 Å². The minimum atomic E-state index is -1.00. The van der Waals surface area contributed by atoms with Crippen molar-refractivity contribution >= 4 is 28.6 Å². The van der Waals surface area contributed by atoms with E-state index in [1.54, 1.807) is 6.07 Å². The number of aromatic carboxylic acids is 1. The molecule has 4 bridgehead atoms. The first kappa shape index (κ1) is 16.4. The second-order valence-corrected chi connectivity index (χ2v) is 9.88. The number of fused-ring (bicyclic) bond motifs is 1. The van der Waals surface area contributed by atoms with Crippen LogP contribution in [0.2, 0.25) is 0 Å². The molecule has 4 aliphatic rings. The molecule has 2 aromatic rings. The number of nitrogens with one attached hydrogen (secondary N) is 1. The van der Waals surface area contributed by atoms with Gasteiger partial charge in [-0.3, -0.25) is 4.79 Å². The number of nitrogens with zero attached hydrogens (tertiary/aromatic N) is 1. The lowest BCUT2D eigenvalue weighted by atomic mass is 9.56. The number of hydrogen-bond donors (Lipinski definition) is 2. The largest absolute Gasteiger partial charge is 0.478 e. The molecule has 4 fully saturated rings. The number of benzene rings is 1. The van der Waals surface area contributed by atoms with Gasteiger partial charge in [0.1, 0.15) is 5.82 Å². The number of carbonyl (C=O) groups is 1. The van der Waals surface area contributed by atoms with Gasteiger partial charge >= 0.3 is 5.97 Å². The third kappa shape index (κ3) is 2.75. The Hall–Kier alpha value is -1.82. The number of thioether (sulfide) groups is 1. The summed E-state index contributed by atoms with van der Waals surface area (Å²) in [5.41, 5.74) is 0.443. The van der Waals surface area contributed by atoms with E-state index in [9.17, 15) is 9.59 Å². The van der Waals surface area contributed by atoms with Gasteiger partial charge in [-0.05, 0) is 74.5 Å². The fourth-order valence-corrected chi connectivity index (χ4v) is 7.46. The summed E-state index contributed by atoms with van der Waals surface area (Å²) in [6, 6.07) is 4.48. The van der Waals surface area contributed by atoms with Gasteiger partial charge in [0.15, 0.2) is 0 Å². The first-order valence-electron chi connectivity index (χ1n) is 9.40. The van der Waals surface area contributed by atoms with Crippen LogP contribution in [0.5, 0.6) is 0 Å². The maximum atomic E-state index is 12.4. The third-order valence-corrected chi connectivity index (χ3v) is 8.03. The Morgan fingerprint density at radius 3 is 2.46 bits per heavy atom. The Morgan fingerprint density at radius 1 is 1.19 bits per heavy atom. The molecule has 0 radical (unpaired) electrons. The van der Waals surface area contributed by atoms with E-state index in [1.807, 2.05) is 11.8 Å². The van der Waals surface area contributed by atoms with Gasteiger partial charge in [-0.15, -0.1) is 11.8 Å². The van der Waals surface area contributed by atoms with Crippen LogP contribution in [0.15, 0.2) is 23.0 Å². The molecule has 6 rings (SSSR count). The summed E-state index contributed by atoms with van der Waals surface area (Å²) in [6.07, 6.45) is 8.19. The van der Waals surface area contributed by atoms with Gasteiger partial charge in [0, 0.05) is 4.75 Å². The van der Waals surface area contributed by atoms with E-state index in [0.29, 0.717) is 27.2 Å². The lowest BCUT2D eigenvalue weighted by molar-refractivity contribution is 0.0383. The summed E-state index contributed by atoms with van der Waals surface area (Å²) in [5, 5.41) is 9.61. The second kappa shape index (κ2) is 5.84. The zero-order valence-electron chi connectivity index (χ0n) is 14.5. The highest BCUT2D eigenvalue weighted by Crippen LogP contribution is 2.60. The predicted octanol–water partition coefficient (Wildman–Crippen LogP) is 3.82. The number of carboxylic acid groups (broad SMARTS) is 1. The molecule has 4 aliphatic carbocycles. The molecule has 0 atom stereocenters. The lowest BCUT2D eigenvalue weighted by Crippen LogP contribution is -2.48. The van der Waals surface area contributed by atoms with Crippen LogP contribution in [0.4, 0.5) is 0 Å². The van der Waals surface area contributed by atoms with Crippen LogP contribution < -0.4 is 5.56 Å². The second-order valence-electron chi connectivity index (χ2n) is 8.44. The number of carboxylic acids is 1. The Kier molecular flexibility index (Phi) is 3.68. The van der Waals surface area contributed by atoms with Crippen molar-refractivity contribution in [3.8, 4) is 0 Å². The van der Waals surface area contributed by atoms with Gasteiger partial charge in [0.2, 0.25) is 0 Å². The zero-order valence-corrected chi connectivity index (χ0v) is 15.3. The van der Waals surface area contributed by atoms with E-state index in [1.165, 1.54) is 50.7 Å². The zero-order chi connectivity index (χ0) is 17.9. The Balaban J connectivity index is 1.41. The normalized spacial score (nSPS) is 32.2. The van der Waals surface area contributed by atoms with Gasteiger partial charge < -0.3 is 10.1 Å². The van der Waals surface area contributed by atoms with E-state index in [-0.39, 0.29) is 11.1 Å². The van der Waals surface area contributed by atoms with Crippen molar-refractivity contribution in [2.45, 2.75) is 49.0 Å². The SMILES string of the molecule is O=C(O)c1ccc2c(=O)[nH]c(CSC34CC5CC(CC(C5)C3)C4)nc2c1. The molecule has 1 aromatic carbocycles. The summed E-state index contributed by atoms with van der Waals surface area (Å²) < 4.78 is 0.366. The molecular weight excluding hydrogens is 348 g/mol. The minimum Gasteiger partial charge on any atom is -0.478 e. The standard InChI is InChI=1S/C20H22N2O3S/c23-18-15-2-1-14(19(24)25)6-16(15)21-17(22-18)10-26-20-7-11-3-12(8-20)5-13(4-11)9-20/h1-2,6,11-13H,3-5,7-10H2,(H,24,25)(H,21,22,23). The molecule has 2 N–H and O–H groups in total. The molecule has 0 spiro atoms. The molecule has 0 unspecified atom stereocenters. The number of aromatic amines is 1. The van der Waals surface area contributed by atoms with Crippen LogP contribution in [0.1, 0.15) is 54.7 Å². The first-order chi connectivity index (χ1) is 12.5. The van der Waals surface area contributed by atoms with E-state index in [0.717, 1.165) is 17.8 Å². The molecule has 0 saturated heterocycles. The minimum absolute atomic E-state index is 0.162. The van der Waals surface area contributed by atoms with Gasteiger partial charge in [-0.25, -0.2) is 9.78 Å². The van der Waals surface area contributed by atoms with Crippen molar-refractivity contribution in [1.29, 1.82) is 0 Å². The lowest BCUT2D eigenvalue weighted by Gasteiger charge is -2.56. The van der Waals surface area contributed by atoms with Crippen LogP contribution in [0, 0.1) is 17.8 Å². The van der Waals surface area contributed by atoms with E-state index < -0.39 is 5.97 Å². The van der Waals surface area contributed by atoms with Gasteiger partial charge in [-0.2, -0.15) is 0 Å². The third-order valence-electron chi connectivity index (χ3n) is 6.50. The maximum Gasteiger partial charge on any atom is 0.335 e. The van der Waals surface area contributed by atoms with Crippen molar-refractivity contribution < 1.29 is 9.90 Å². The van der Waals surface area contributed by atoms with E-state index >= 15 is 0 Å². The molecule has 136 valence electrons. The van der Waals surface area contributed by atoms with Crippen molar-refractivity contribution in [1.82, 2.24) is 9.97 Å². The number of aromatic nitrogens is 2. The fourth-order valence-electron chi connectivity index (χ4n) is 5.82. The maximum absolute atomic E-state index is 12.4. The number of hydrogen-bond acceptors (Lipinski definition) is 4. The van der Waals surface area contributed by atoms with E-state index in [2.05, 4.69) is 9.97 Å². The quantitative estimate of drug-likeness (QED) is 0.855. The van der Waals surface area contributed by atoms with Crippen molar-refractivity contribution in [2.75, 3.05) is 0 Å². The molecule has 6 heteroatoms. The summed E-state index contributed by atoms with van der Waals surface area (Å²) in [6.45, 7) is 0. The molecule has 26 heavy (non-hydrogen) atoms. The molecule has 4 saturated carbocycles. The summed E-state index contributed by atoms with van der Waals surface area (Å²) in [4.78, 5) is 31.0. The highest BCUT2D eigenvalue weighted by atomic mass is 32.2. The fraction of sp³-hybridized carbons (Fsp3) is 0.550. The molecular formula is C20H22N2O3S. The average Bonchev–Trinajstić information content (AvgIpc) is 2.58. The highest BCUT2D eigenvalue weighted by molar-refractivity contribution is 7.99. The van der Waals surface area contributed by atoms with Crippen LogP contribution in [-0.2, 0) is 5.75 Å². The molecule has 0 amide bonds. The summed E-state index contributed by atoms with van der Waals surface area (Å²) in [5.74, 6) is 3.04. The topological polar surface area (TPSA) is 83.0 Å². The van der Waals surface area contributed by atoms with Crippen LogP contribution >= 0.6 is 11.8 Å². The van der Waals surface area contributed by atoms with E-state index in [4.69, 9.17) is 5.11 Å². The Labute approximate surface area is 155 Å². The Morgan fingerprint density at radius 2 is 1.85 bits per heavy atom. The van der Waals surface area contributed by atoms with Crippen LogP contribution in [0.3, 0.4) is 0 Å². The molecule has 0 aliphatic heterocycles.